The van der Waals surface area contributed by atoms with Crippen molar-refractivity contribution in [3.8, 4) is 0 Å². The van der Waals surface area contributed by atoms with Gasteiger partial charge in [-0.15, -0.1) is 0 Å². The lowest BCUT2D eigenvalue weighted by Crippen LogP contribution is -2.37. The molecule has 1 aliphatic rings. The van der Waals surface area contributed by atoms with E-state index in [-0.39, 0.29) is 17.7 Å². The minimum Gasteiger partial charge on any atom is -0.377 e. The number of amides is 1. The zero-order valence-electron chi connectivity index (χ0n) is 12.0. The van der Waals surface area contributed by atoms with E-state index in [4.69, 9.17) is 4.74 Å². The number of carbonyl (C=O) groups excluding carboxylic acids is 1. The van der Waals surface area contributed by atoms with Crippen LogP contribution in [0.2, 0.25) is 0 Å². The molecular formula is C15H18FNO4S. The van der Waals surface area contributed by atoms with Crippen molar-refractivity contribution in [3.63, 3.8) is 0 Å². The lowest BCUT2D eigenvalue weighted by molar-refractivity contribution is -0.114. The molecule has 0 spiro atoms. The Hall–Kier alpha value is -1.73. The van der Waals surface area contributed by atoms with E-state index < -0.39 is 15.9 Å². The van der Waals surface area contributed by atoms with Crippen LogP contribution in [0.5, 0.6) is 0 Å². The number of halogens is 1. The van der Waals surface area contributed by atoms with Gasteiger partial charge < -0.3 is 4.74 Å². The molecule has 22 heavy (non-hydrogen) atoms. The molecule has 1 fully saturated rings. The van der Waals surface area contributed by atoms with E-state index in [0.29, 0.717) is 18.6 Å². The van der Waals surface area contributed by atoms with Gasteiger partial charge in [-0.1, -0.05) is 12.1 Å². The summed E-state index contributed by atoms with van der Waals surface area (Å²) in [6.45, 7) is 0.554. The number of ether oxygens (including phenoxy) is 1. The summed E-state index contributed by atoms with van der Waals surface area (Å²) in [5.74, 6) is -1.33. The summed E-state index contributed by atoms with van der Waals surface area (Å²) in [5, 5.41) is 0. The van der Waals surface area contributed by atoms with E-state index in [0.717, 1.165) is 18.9 Å². The maximum absolute atomic E-state index is 12.7. The third kappa shape index (κ3) is 5.57. The van der Waals surface area contributed by atoms with Crippen LogP contribution < -0.4 is 4.72 Å². The van der Waals surface area contributed by atoms with E-state index in [1.807, 2.05) is 4.72 Å². The number of hydrogen-bond acceptors (Lipinski definition) is 4. The predicted molar refractivity (Wildman–Crippen MR) is 81.0 cm³/mol. The summed E-state index contributed by atoms with van der Waals surface area (Å²) >= 11 is 0. The first kappa shape index (κ1) is 16.6. The number of carbonyl (C=O) groups is 1. The van der Waals surface area contributed by atoms with Gasteiger partial charge in [0.15, 0.2) is 0 Å². The third-order valence-corrected chi connectivity index (χ3v) is 4.56. The zero-order chi connectivity index (χ0) is 16.0. The van der Waals surface area contributed by atoms with Crippen LogP contribution in [0.4, 0.5) is 4.39 Å². The monoisotopic (exact) mass is 327 g/mol. The molecule has 1 heterocycles. The highest BCUT2D eigenvalue weighted by Gasteiger charge is 2.22. The molecule has 0 saturated carbocycles. The average Bonchev–Trinajstić information content (AvgIpc) is 2.46. The number of rotatable bonds is 5. The molecule has 0 radical (unpaired) electrons. The summed E-state index contributed by atoms with van der Waals surface area (Å²) in [4.78, 5) is 11.6. The molecule has 120 valence electrons. The normalized spacial score (nSPS) is 19.2. The third-order valence-electron chi connectivity index (χ3n) is 3.23. The van der Waals surface area contributed by atoms with Gasteiger partial charge in [0.25, 0.3) is 5.91 Å². The summed E-state index contributed by atoms with van der Waals surface area (Å²) in [5.41, 5.74) is 0.601. The number of sulfonamides is 1. The largest absolute Gasteiger partial charge is 0.377 e. The van der Waals surface area contributed by atoms with Gasteiger partial charge in [-0.25, -0.2) is 17.5 Å². The summed E-state index contributed by atoms with van der Waals surface area (Å²) < 4.78 is 43.8. The summed E-state index contributed by atoms with van der Waals surface area (Å²) in [6, 6.07) is 5.50. The minimum atomic E-state index is -3.73. The Balaban J connectivity index is 1.88. The molecule has 0 aliphatic carbocycles. The van der Waals surface area contributed by atoms with Gasteiger partial charge in [-0.2, -0.15) is 0 Å². The first-order valence-electron chi connectivity index (χ1n) is 7.04. The Morgan fingerprint density at radius 1 is 1.32 bits per heavy atom. The predicted octanol–water partition coefficient (Wildman–Crippen LogP) is 1.85. The molecule has 2 rings (SSSR count). The molecule has 1 N–H and O–H groups in total. The quantitative estimate of drug-likeness (QED) is 0.838. The van der Waals surface area contributed by atoms with Crippen molar-refractivity contribution in [1.82, 2.24) is 4.72 Å². The molecule has 1 saturated heterocycles. The van der Waals surface area contributed by atoms with Crippen molar-refractivity contribution in [2.24, 2.45) is 0 Å². The zero-order valence-corrected chi connectivity index (χ0v) is 12.8. The molecule has 0 aromatic heterocycles. The van der Waals surface area contributed by atoms with Crippen LogP contribution >= 0.6 is 0 Å². The average molecular weight is 327 g/mol. The van der Waals surface area contributed by atoms with Crippen molar-refractivity contribution in [2.75, 3.05) is 12.4 Å². The van der Waals surface area contributed by atoms with Crippen LogP contribution in [0.15, 0.2) is 30.3 Å². The molecular weight excluding hydrogens is 309 g/mol. The fraction of sp³-hybridized carbons (Fsp3) is 0.400. The molecule has 0 bridgehead atoms. The molecule has 1 aliphatic heterocycles. The number of benzene rings is 1. The molecule has 1 aromatic rings. The second-order valence-corrected chi connectivity index (χ2v) is 6.89. The van der Waals surface area contributed by atoms with E-state index in [1.165, 1.54) is 30.3 Å². The fourth-order valence-electron chi connectivity index (χ4n) is 2.16. The van der Waals surface area contributed by atoms with Crippen LogP contribution in [0.25, 0.3) is 6.08 Å². The number of hydrogen-bond donors (Lipinski definition) is 1. The van der Waals surface area contributed by atoms with E-state index >= 15 is 0 Å². The Morgan fingerprint density at radius 3 is 2.68 bits per heavy atom. The molecule has 1 aromatic carbocycles. The van der Waals surface area contributed by atoms with Crippen LogP contribution in [0.1, 0.15) is 24.8 Å². The van der Waals surface area contributed by atoms with Crippen molar-refractivity contribution >= 4 is 22.0 Å². The number of nitrogens with one attached hydrogen (secondary N) is 1. The van der Waals surface area contributed by atoms with Crippen LogP contribution in [-0.4, -0.2) is 32.8 Å². The first-order valence-corrected chi connectivity index (χ1v) is 8.69. The molecule has 7 heteroatoms. The molecule has 5 nitrogen and oxygen atoms in total. The van der Waals surface area contributed by atoms with Gasteiger partial charge in [-0.3, -0.25) is 4.79 Å². The summed E-state index contributed by atoms with van der Waals surface area (Å²) in [6.07, 6.45) is 4.70. The highest BCUT2D eigenvalue weighted by Crippen LogP contribution is 2.14. The molecule has 1 atom stereocenters. The Morgan fingerprint density at radius 2 is 2.05 bits per heavy atom. The second-order valence-electron chi connectivity index (χ2n) is 5.12. The highest BCUT2D eigenvalue weighted by atomic mass is 32.2. The maximum Gasteiger partial charge on any atom is 0.257 e. The van der Waals surface area contributed by atoms with E-state index in [1.54, 1.807) is 0 Å². The minimum absolute atomic E-state index is 0.219. The van der Waals surface area contributed by atoms with Crippen molar-refractivity contribution in [1.29, 1.82) is 0 Å². The highest BCUT2D eigenvalue weighted by molar-refractivity contribution is 7.90. The summed E-state index contributed by atoms with van der Waals surface area (Å²) in [7, 11) is -3.73. The fourth-order valence-corrected chi connectivity index (χ4v) is 3.37. The lowest BCUT2D eigenvalue weighted by atomic mass is 10.1. The standard InChI is InChI=1S/C15H18FNO4S/c16-13-7-4-12(5-8-13)6-9-15(18)17-22(19,20)11-14-3-1-2-10-21-14/h4-9,14H,1-3,10-11H2,(H,17,18)/b9-6+/t14-/m1/s1. The second kappa shape index (κ2) is 7.51. The lowest BCUT2D eigenvalue weighted by Gasteiger charge is -2.22. The van der Waals surface area contributed by atoms with Gasteiger partial charge in [0.1, 0.15) is 5.82 Å². The topological polar surface area (TPSA) is 72.5 Å². The van der Waals surface area contributed by atoms with Gasteiger partial charge in [-0.05, 0) is 43.0 Å². The van der Waals surface area contributed by atoms with E-state index in [9.17, 15) is 17.6 Å². The van der Waals surface area contributed by atoms with Crippen molar-refractivity contribution in [3.05, 3.63) is 41.7 Å². The smallest absolute Gasteiger partial charge is 0.257 e. The van der Waals surface area contributed by atoms with Gasteiger partial charge in [0, 0.05) is 12.7 Å². The van der Waals surface area contributed by atoms with Crippen LogP contribution in [-0.2, 0) is 19.6 Å². The van der Waals surface area contributed by atoms with Gasteiger partial charge in [0.05, 0.1) is 11.9 Å². The van der Waals surface area contributed by atoms with Crippen molar-refractivity contribution < 1.29 is 22.3 Å². The van der Waals surface area contributed by atoms with E-state index in [2.05, 4.69) is 0 Å². The molecule has 1 amide bonds. The molecule has 0 unspecified atom stereocenters. The van der Waals surface area contributed by atoms with Crippen LogP contribution in [0.3, 0.4) is 0 Å². The van der Waals surface area contributed by atoms with Crippen molar-refractivity contribution in [2.45, 2.75) is 25.4 Å². The maximum atomic E-state index is 12.7. The first-order chi connectivity index (χ1) is 10.4. The Labute approximate surface area is 129 Å². The van der Waals surface area contributed by atoms with Gasteiger partial charge >= 0.3 is 0 Å². The van der Waals surface area contributed by atoms with Gasteiger partial charge in [0.2, 0.25) is 10.0 Å². The Kier molecular flexibility index (Phi) is 5.68. The Bertz CT molecular complexity index is 634. The SMILES string of the molecule is O=C(/C=C/c1ccc(F)cc1)NS(=O)(=O)C[C@H]1CCCCO1. The van der Waals surface area contributed by atoms with Crippen LogP contribution in [0, 0.1) is 5.82 Å².